The second kappa shape index (κ2) is 6.88. The Labute approximate surface area is 123 Å². The topological polar surface area (TPSA) is 69.7 Å². The molecule has 0 aromatic heterocycles. The summed E-state index contributed by atoms with van der Waals surface area (Å²) in [6, 6.07) is 0.240. The van der Waals surface area contributed by atoms with E-state index in [1.54, 1.807) is 0 Å². The molecular weight excluding hydrogens is 305 g/mol. The molecule has 0 heterocycles. The lowest BCUT2D eigenvalue weighted by atomic mass is 10.0. The van der Waals surface area contributed by atoms with Crippen LogP contribution in [0.1, 0.15) is 24.2 Å². The first-order valence-corrected chi connectivity index (χ1v) is 5.97. The maximum atomic E-state index is 14.0. The van der Waals surface area contributed by atoms with Crippen LogP contribution in [0.5, 0.6) is 5.75 Å². The lowest BCUT2D eigenvalue weighted by Crippen LogP contribution is -2.18. The molecule has 0 amide bonds. The fourth-order valence-corrected chi connectivity index (χ4v) is 1.45. The van der Waals surface area contributed by atoms with Crippen LogP contribution in [-0.2, 0) is 14.3 Å². The van der Waals surface area contributed by atoms with Gasteiger partial charge in [0, 0.05) is 6.92 Å². The molecule has 118 valence electrons. The number of carbonyl (C=O) groups excluding carboxylic acids is 3. The number of hydrogen-bond donors (Lipinski definition) is 0. The van der Waals surface area contributed by atoms with Crippen molar-refractivity contribution in [2.24, 2.45) is 0 Å². The maximum Gasteiger partial charge on any atom is 0.341 e. The summed E-state index contributed by atoms with van der Waals surface area (Å²) in [5.41, 5.74) is -1.78. The van der Waals surface area contributed by atoms with E-state index in [0.29, 0.717) is 0 Å². The van der Waals surface area contributed by atoms with Crippen LogP contribution in [0.2, 0.25) is 0 Å². The summed E-state index contributed by atoms with van der Waals surface area (Å²) in [5.74, 6) is -9.96. The van der Waals surface area contributed by atoms with Crippen molar-refractivity contribution >= 4 is 17.7 Å². The zero-order valence-corrected chi connectivity index (χ0v) is 11.7. The van der Waals surface area contributed by atoms with Gasteiger partial charge >= 0.3 is 11.9 Å². The van der Waals surface area contributed by atoms with E-state index in [-0.39, 0.29) is 12.7 Å². The number of Topliss-reactive ketones (excluding diaryl/α,β-unsaturated/α-hetero) is 1. The van der Waals surface area contributed by atoms with Gasteiger partial charge in [0.25, 0.3) is 0 Å². The Bertz CT molecular complexity index is 667. The second-order valence-electron chi connectivity index (χ2n) is 3.98. The Morgan fingerprint density at radius 1 is 1.18 bits per heavy atom. The molecule has 0 bridgehead atoms. The lowest BCUT2D eigenvalue weighted by Gasteiger charge is -2.10. The predicted molar refractivity (Wildman–Crippen MR) is 67.7 cm³/mol. The highest BCUT2D eigenvalue weighted by Crippen LogP contribution is 2.28. The van der Waals surface area contributed by atoms with E-state index in [1.807, 2.05) is 0 Å². The van der Waals surface area contributed by atoms with Crippen molar-refractivity contribution in [2.75, 3.05) is 6.61 Å². The molecule has 0 spiro atoms. The zero-order chi connectivity index (χ0) is 17.0. The number of esters is 2. The van der Waals surface area contributed by atoms with Crippen LogP contribution in [0.25, 0.3) is 0 Å². The van der Waals surface area contributed by atoms with Crippen molar-refractivity contribution in [1.29, 1.82) is 0 Å². The average molecular weight is 316 g/mol. The zero-order valence-electron chi connectivity index (χ0n) is 11.7. The first-order valence-electron chi connectivity index (χ1n) is 5.97. The van der Waals surface area contributed by atoms with Gasteiger partial charge in [-0.25, -0.2) is 13.6 Å². The molecule has 8 heteroatoms. The van der Waals surface area contributed by atoms with Gasteiger partial charge in [0.2, 0.25) is 17.3 Å². The summed E-state index contributed by atoms with van der Waals surface area (Å²) < 4.78 is 49.6. The van der Waals surface area contributed by atoms with Gasteiger partial charge in [-0.1, -0.05) is 6.58 Å². The van der Waals surface area contributed by atoms with Crippen molar-refractivity contribution in [3.63, 3.8) is 0 Å². The van der Waals surface area contributed by atoms with Crippen LogP contribution < -0.4 is 4.74 Å². The number of halogens is 3. The smallest absolute Gasteiger partial charge is 0.341 e. The maximum absolute atomic E-state index is 14.0. The molecule has 1 aromatic carbocycles. The highest BCUT2D eigenvalue weighted by atomic mass is 19.2. The van der Waals surface area contributed by atoms with Gasteiger partial charge in [0.15, 0.2) is 11.6 Å². The van der Waals surface area contributed by atoms with E-state index in [4.69, 9.17) is 0 Å². The summed E-state index contributed by atoms with van der Waals surface area (Å²) in [7, 11) is 0. The number of carbonyl (C=O) groups is 3. The average Bonchev–Trinajstić information content (AvgIpc) is 2.45. The molecule has 0 fully saturated rings. The number of ketones is 1. The van der Waals surface area contributed by atoms with Crippen LogP contribution in [0.4, 0.5) is 13.2 Å². The molecule has 1 aromatic rings. The highest BCUT2D eigenvalue weighted by Gasteiger charge is 2.28. The van der Waals surface area contributed by atoms with Crippen LogP contribution >= 0.6 is 0 Å². The van der Waals surface area contributed by atoms with Gasteiger partial charge in [0.05, 0.1) is 12.2 Å². The van der Waals surface area contributed by atoms with Crippen molar-refractivity contribution in [3.8, 4) is 5.75 Å². The largest absolute Gasteiger partial charge is 0.462 e. The SMILES string of the molecule is C=C(C(=O)OCC)C(=O)c1cc(F)c(F)c(OC(C)=O)c1F. The number of rotatable bonds is 5. The number of hydrogen-bond acceptors (Lipinski definition) is 5. The van der Waals surface area contributed by atoms with E-state index in [2.05, 4.69) is 16.1 Å². The Kier molecular flexibility index (Phi) is 5.44. The van der Waals surface area contributed by atoms with E-state index >= 15 is 0 Å². The lowest BCUT2D eigenvalue weighted by molar-refractivity contribution is -0.138. The Morgan fingerprint density at radius 3 is 2.27 bits per heavy atom. The van der Waals surface area contributed by atoms with Gasteiger partial charge in [-0.15, -0.1) is 0 Å². The van der Waals surface area contributed by atoms with E-state index in [0.717, 1.165) is 6.92 Å². The van der Waals surface area contributed by atoms with E-state index < -0.39 is 52.1 Å². The Morgan fingerprint density at radius 2 is 1.77 bits per heavy atom. The standard InChI is InChI=1S/C14H11F3O5/c1-4-21-14(20)6(2)12(19)8-5-9(15)11(17)13(10(8)16)22-7(3)18/h5H,2,4H2,1,3H3. The Hall–Kier alpha value is -2.64. The summed E-state index contributed by atoms with van der Waals surface area (Å²) in [6.45, 7) is 5.35. The molecular formula is C14H11F3O5. The minimum atomic E-state index is -1.77. The van der Waals surface area contributed by atoms with Crippen molar-refractivity contribution in [3.05, 3.63) is 41.2 Å². The van der Waals surface area contributed by atoms with Gasteiger partial charge in [-0.2, -0.15) is 4.39 Å². The number of benzene rings is 1. The third-order valence-corrected chi connectivity index (χ3v) is 2.40. The van der Waals surface area contributed by atoms with Crippen molar-refractivity contribution < 1.29 is 37.0 Å². The van der Waals surface area contributed by atoms with Gasteiger partial charge in [-0.3, -0.25) is 9.59 Å². The summed E-state index contributed by atoms with van der Waals surface area (Å²) in [4.78, 5) is 34.1. The third-order valence-electron chi connectivity index (χ3n) is 2.40. The van der Waals surface area contributed by atoms with E-state index in [1.165, 1.54) is 6.92 Å². The first kappa shape index (κ1) is 17.4. The molecule has 0 N–H and O–H groups in total. The van der Waals surface area contributed by atoms with E-state index in [9.17, 15) is 27.6 Å². The van der Waals surface area contributed by atoms with Gasteiger partial charge in [-0.05, 0) is 13.0 Å². The van der Waals surface area contributed by atoms with Crippen LogP contribution in [-0.4, -0.2) is 24.3 Å². The summed E-state index contributed by atoms with van der Waals surface area (Å²) in [5, 5.41) is 0. The van der Waals surface area contributed by atoms with Gasteiger partial charge in [0.1, 0.15) is 5.57 Å². The molecule has 0 aliphatic rings. The fourth-order valence-electron chi connectivity index (χ4n) is 1.45. The molecule has 0 radical (unpaired) electrons. The molecule has 22 heavy (non-hydrogen) atoms. The van der Waals surface area contributed by atoms with Crippen molar-refractivity contribution in [2.45, 2.75) is 13.8 Å². The monoisotopic (exact) mass is 316 g/mol. The molecule has 0 saturated heterocycles. The quantitative estimate of drug-likeness (QED) is 0.159. The highest BCUT2D eigenvalue weighted by molar-refractivity contribution is 6.23. The fraction of sp³-hybridized carbons (Fsp3) is 0.214. The minimum absolute atomic E-state index is 0.0654. The normalized spacial score (nSPS) is 10.0. The Balaban J connectivity index is 3.33. The third kappa shape index (κ3) is 3.51. The molecule has 0 saturated carbocycles. The summed E-state index contributed by atoms with van der Waals surface area (Å²) >= 11 is 0. The summed E-state index contributed by atoms with van der Waals surface area (Å²) in [6.07, 6.45) is 0. The van der Waals surface area contributed by atoms with Gasteiger partial charge < -0.3 is 9.47 Å². The van der Waals surface area contributed by atoms with Crippen LogP contribution in [0.15, 0.2) is 18.2 Å². The minimum Gasteiger partial charge on any atom is -0.462 e. The molecule has 0 aliphatic heterocycles. The van der Waals surface area contributed by atoms with Crippen LogP contribution in [0, 0.1) is 17.5 Å². The molecule has 5 nitrogen and oxygen atoms in total. The van der Waals surface area contributed by atoms with Crippen LogP contribution in [0.3, 0.4) is 0 Å². The molecule has 0 aliphatic carbocycles. The predicted octanol–water partition coefficient (Wildman–Crippen LogP) is 2.33. The van der Waals surface area contributed by atoms with Crippen molar-refractivity contribution in [1.82, 2.24) is 0 Å². The number of ether oxygens (including phenoxy) is 2. The second-order valence-corrected chi connectivity index (χ2v) is 3.98. The molecule has 0 atom stereocenters. The first-order chi connectivity index (χ1) is 10.2. The molecule has 1 rings (SSSR count). The molecule has 0 unspecified atom stereocenters.